The molecule has 2 aromatic carbocycles. The van der Waals surface area contributed by atoms with Gasteiger partial charge in [0.2, 0.25) is 0 Å². The number of aryl methyl sites for hydroxylation is 1. The first-order chi connectivity index (χ1) is 15.4. The molecule has 0 aliphatic carbocycles. The van der Waals surface area contributed by atoms with Crippen molar-refractivity contribution in [3.05, 3.63) is 92.9 Å². The summed E-state index contributed by atoms with van der Waals surface area (Å²) in [5.74, 6) is 0.522. The maximum Gasteiger partial charge on any atom is 0.291 e. The van der Waals surface area contributed by atoms with Crippen molar-refractivity contribution >= 4 is 28.9 Å². The quantitative estimate of drug-likeness (QED) is 0.281. The Kier molecular flexibility index (Phi) is 5.81. The van der Waals surface area contributed by atoms with Crippen LogP contribution in [0.4, 0.5) is 11.4 Å². The third-order valence-corrected chi connectivity index (χ3v) is 5.09. The van der Waals surface area contributed by atoms with Crippen LogP contribution >= 0.6 is 11.6 Å². The average Bonchev–Trinajstić information content (AvgIpc) is 3.45. The van der Waals surface area contributed by atoms with Crippen molar-refractivity contribution in [2.24, 2.45) is 0 Å². The Bertz CT molecular complexity index is 1320. The van der Waals surface area contributed by atoms with E-state index >= 15 is 0 Å². The number of rotatable bonds is 6. The molecule has 2 N–H and O–H groups in total. The van der Waals surface area contributed by atoms with Crippen LogP contribution in [0, 0.1) is 17.0 Å². The summed E-state index contributed by atoms with van der Waals surface area (Å²) in [5, 5.41) is 23.5. The predicted octanol–water partition coefficient (Wildman–Crippen LogP) is 5.82. The lowest BCUT2D eigenvalue weighted by atomic mass is 10.1. The number of anilines is 1. The summed E-state index contributed by atoms with van der Waals surface area (Å²) in [7, 11) is 0. The van der Waals surface area contributed by atoms with Crippen LogP contribution in [0.5, 0.6) is 0 Å². The topological polar surface area (TPSA) is 119 Å². The number of nitrogens with zero attached hydrogens (tertiary/aromatic N) is 1. The molecule has 0 radical (unpaired) electrons. The van der Waals surface area contributed by atoms with Gasteiger partial charge < -0.3 is 19.3 Å². The van der Waals surface area contributed by atoms with Gasteiger partial charge in [-0.15, -0.1) is 0 Å². The monoisotopic (exact) mass is 452 g/mol. The number of halogens is 1. The fourth-order valence-corrected chi connectivity index (χ4v) is 3.35. The lowest BCUT2D eigenvalue weighted by Gasteiger charge is -2.08. The number of hydrogen-bond donors (Lipinski definition) is 2. The van der Waals surface area contributed by atoms with Crippen molar-refractivity contribution < 1.29 is 23.7 Å². The standard InChI is InChI=1S/C23H17ClN2O6/c1-13-2-5-16(19(10-13)26(29)30)21-8-9-22(32-21)23(28)25-18-11-14(3-6-17(18)24)20-7-4-15(12-27)31-20/h2-11,27H,12H2,1H3,(H,25,28). The Morgan fingerprint density at radius 3 is 2.56 bits per heavy atom. The third kappa shape index (κ3) is 4.27. The molecule has 0 aliphatic rings. The summed E-state index contributed by atoms with van der Waals surface area (Å²) in [6, 6.07) is 16.0. The van der Waals surface area contributed by atoms with Gasteiger partial charge in [0, 0.05) is 11.6 Å². The Labute approximate surface area is 187 Å². The third-order valence-electron chi connectivity index (χ3n) is 4.76. The number of amides is 1. The Hall–Kier alpha value is -3.88. The average molecular weight is 453 g/mol. The molecule has 4 aromatic rings. The first-order valence-electron chi connectivity index (χ1n) is 9.52. The van der Waals surface area contributed by atoms with Crippen molar-refractivity contribution in [3.8, 4) is 22.6 Å². The van der Waals surface area contributed by atoms with Crippen LogP contribution in [0.15, 0.2) is 69.5 Å². The van der Waals surface area contributed by atoms with E-state index in [1.165, 1.54) is 18.2 Å². The summed E-state index contributed by atoms with van der Waals surface area (Å²) in [4.78, 5) is 23.6. The second kappa shape index (κ2) is 8.70. The zero-order valence-corrected chi connectivity index (χ0v) is 17.6. The molecule has 0 saturated heterocycles. The van der Waals surface area contributed by atoms with Crippen molar-refractivity contribution in [1.82, 2.24) is 0 Å². The fraction of sp³-hybridized carbons (Fsp3) is 0.0870. The molecular formula is C23H17ClN2O6. The molecule has 162 valence electrons. The van der Waals surface area contributed by atoms with Crippen LogP contribution in [-0.4, -0.2) is 15.9 Å². The van der Waals surface area contributed by atoms with Gasteiger partial charge in [-0.3, -0.25) is 14.9 Å². The van der Waals surface area contributed by atoms with E-state index in [2.05, 4.69) is 5.32 Å². The Morgan fingerprint density at radius 1 is 1.06 bits per heavy atom. The molecule has 32 heavy (non-hydrogen) atoms. The molecule has 0 spiro atoms. The molecule has 2 heterocycles. The minimum Gasteiger partial charge on any atom is -0.459 e. The highest BCUT2D eigenvalue weighted by molar-refractivity contribution is 6.34. The highest BCUT2D eigenvalue weighted by Crippen LogP contribution is 2.33. The van der Waals surface area contributed by atoms with Crippen LogP contribution in [0.1, 0.15) is 21.9 Å². The summed E-state index contributed by atoms with van der Waals surface area (Å²) >= 11 is 6.23. The number of carbonyl (C=O) groups is 1. The highest BCUT2D eigenvalue weighted by Gasteiger charge is 2.21. The number of carbonyl (C=O) groups excluding carboxylic acids is 1. The van der Waals surface area contributed by atoms with Gasteiger partial charge in [0.1, 0.15) is 23.9 Å². The van der Waals surface area contributed by atoms with Gasteiger partial charge in [0.15, 0.2) is 5.76 Å². The van der Waals surface area contributed by atoms with Gasteiger partial charge in [-0.05, 0) is 61.0 Å². The number of furan rings is 2. The molecule has 1 amide bonds. The molecule has 9 heteroatoms. The van der Waals surface area contributed by atoms with Gasteiger partial charge >= 0.3 is 0 Å². The molecule has 0 atom stereocenters. The smallest absolute Gasteiger partial charge is 0.291 e. The minimum atomic E-state index is -0.569. The van der Waals surface area contributed by atoms with Gasteiger partial charge in [0.05, 0.1) is 21.2 Å². The first kappa shape index (κ1) is 21.4. The van der Waals surface area contributed by atoms with Gasteiger partial charge in [-0.2, -0.15) is 0 Å². The van der Waals surface area contributed by atoms with E-state index in [1.54, 1.807) is 49.4 Å². The summed E-state index contributed by atoms with van der Waals surface area (Å²) in [5.41, 5.74) is 1.89. The molecule has 0 unspecified atom stereocenters. The van der Waals surface area contributed by atoms with Gasteiger partial charge in [-0.25, -0.2) is 0 Å². The van der Waals surface area contributed by atoms with Crippen LogP contribution in [0.25, 0.3) is 22.6 Å². The number of nitro groups is 1. The Balaban J connectivity index is 1.59. The van der Waals surface area contributed by atoms with E-state index in [9.17, 15) is 14.9 Å². The minimum absolute atomic E-state index is 0.0306. The number of aliphatic hydroxyl groups excluding tert-OH is 1. The largest absolute Gasteiger partial charge is 0.459 e. The van der Waals surface area contributed by atoms with E-state index in [0.717, 1.165) is 5.56 Å². The van der Waals surface area contributed by atoms with Gasteiger partial charge in [0.25, 0.3) is 11.6 Å². The van der Waals surface area contributed by atoms with Crippen molar-refractivity contribution in [2.45, 2.75) is 13.5 Å². The molecule has 0 fully saturated rings. The Morgan fingerprint density at radius 2 is 1.84 bits per heavy atom. The van der Waals surface area contributed by atoms with E-state index in [1.807, 2.05) is 0 Å². The molecule has 0 bridgehead atoms. The summed E-state index contributed by atoms with van der Waals surface area (Å²) in [6.07, 6.45) is 0. The molecular weight excluding hydrogens is 436 g/mol. The van der Waals surface area contributed by atoms with Gasteiger partial charge in [-0.1, -0.05) is 17.7 Å². The predicted molar refractivity (Wildman–Crippen MR) is 119 cm³/mol. The fourth-order valence-electron chi connectivity index (χ4n) is 3.18. The molecule has 4 rings (SSSR count). The lowest BCUT2D eigenvalue weighted by Crippen LogP contribution is -2.11. The number of hydrogen-bond acceptors (Lipinski definition) is 6. The second-order valence-electron chi connectivity index (χ2n) is 7.01. The van der Waals surface area contributed by atoms with Crippen LogP contribution in [0.2, 0.25) is 5.02 Å². The number of benzene rings is 2. The normalized spacial score (nSPS) is 10.8. The van der Waals surface area contributed by atoms with Crippen LogP contribution in [0.3, 0.4) is 0 Å². The second-order valence-corrected chi connectivity index (χ2v) is 7.42. The zero-order chi connectivity index (χ0) is 22.8. The summed E-state index contributed by atoms with van der Waals surface area (Å²) < 4.78 is 11.1. The van der Waals surface area contributed by atoms with E-state index in [-0.39, 0.29) is 29.4 Å². The first-order valence-corrected chi connectivity index (χ1v) is 9.89. The highest BCUT2D eigenvalue weighted by atomic mass is 35.5. The maximum absolute atomic E-state index is 12.7. The summed E-state index contributed by atoms with van der Waals surface area (Å²) in [6.45, 7) is 1.53. The molecule has 0 saturated carbocycles. The lowest BCUT2D eigenvalue weighted by molar-refractivity contribution is -0.384. The van der Waals surface area contributed by atoms with Crippen molar-refractivity contribution in [1.29, 1.82) is 0 Å². The maximum atomic E-state index is 12.7. The van der Waals surface area contributed by atoms with E-state index < -0.39 is 10.8 Å². The number of nitro benzene ring substituents is 1. The SMILES string of the molecule is Cc1ccc(-c2ccc(C(=O)Nc3cc(-c4ccc(CO)o4)ccc3Cl)o2)c([N+](=O)[O-])c1. The number of aliphatic hydroxyl groups is 1. The molecule has 2 aromatic heterocycles. The van der Waals surface area contributed by atoms with E-state index in [0.29, 0.717) is 27.8 Å². The van der Waals surface area contributed by atoms with Crippen LogP contribution < -0.4 is 5.32 Å². The zero-order valence-electron chi connectivity index (χ0n) is 16.8. The van der Waals surface area contributed by atoms with Crippen molar-refractivity contribution in [3.63, 3.8) is 0 Å². The van der Waals surface area contributed by atoms with Crippen LogP contribution in [-0.2, 0) is 6.61 Å². The molecule has 0 aliphatic heterocycles. The van der Waals surface area contributed by atoms with Crippen molar-refractivity contribution in [2.75, 3.05) is 5.32 Å². The molecule has 8 nitrogen and oxygen atoms in total. The number of nitrogens with one attached hydrogen (secondary N) is 1. The van der Waals surface area contributed by atoms with E-state index in [4.69, 9.17) is 25.5 Å².